The Labute approximate surface area is 179 Å². The zero-order valence-corrected chi connectivity index (χ0v) is 25.7. The van der Waals surface area contributed by atoms with Gasteiger partial charge in [-0.25, -0.2) is 0 Å². The molecule has 0 saturated carbocycles. The molecule has 0 heterocycles. The van der Waals surface area contributed by atoms with Crippen LogP contribution in [0.15, 0.2) is 0 Å². The summed E-state index contributed by atoms with van der Waals surface area (Å²) in [4.78, 5) is 0. The quantitative estimate of drug-likeness (QED) is 0.208. The summed E-state index contributed by atoms with van der Waals surface area (Å²) >= 11 is 12.0. The van der Waals surface area contributed by atoms with E-state index in [0.717, 1.165) is 12.5 Å². The summed E-state index contributed by atoms with van der Waals surface area (Å²) in [6.45, 7) is 27.1. The van der Waals surface area contributed by atoms with Crippen molar-refractivity contribution in [3.05, 3.63) is 0 Å². The van der Waals surface area contributed by atoms with Crippen LogP contribution in [-0.2, 0) is 4.12 Å². The van der Waals surface area contributed by atoms with Crippen molar-refractivity contribution in [1.29, 1.82) is 0 Å². The van der Waals surface area contributed by atoms with Gasteiger partial charge in [-0.3, -0.25) is 0 Å². The molecule has 2 nitrogen and oxygen atoms in total. The molecule has 0 amide bonds. The van der Waals surface area contributed by atoms with E-state index in [1.54, 1.807) is 0 Å². The largest absolute Gasteiger partial charge is 0.455 e. The monoisotopic (exact) mass is 488 g/mol. The van der Waals surface area contributed by atoms with Crippen molar-refractivity contribution in [1.82, 2.24) is 4.23 Å². The van der Waals surface area contributed by atoms with Gasteiger partial charge in [-0.05, 0) is 56.8 Å². The van der Waals surface area contributed by atoms with Crippen LogP contribution >= 0.6 is 22.2 Å². The molecule has 0 saturated heterocycles. The van der Waals surface area contributed by atoms with E-state index in [1.807, 2.05) is 0 Å². The molecule has 0 spiro atoms. The smallest absolute Gasteiger partial charge is 0.273 e. The van der Waals surface area contributed by atoms with Gasteiger partial charge in [-0.2, -0.15) is 0 Å². The van der Waals surface area contributed by atoms with Gasteiger partial charge < -0.3 is 8.35 Å². The minimum absolute atomic E-state index is 0.681. The zero-order chi connectivity index (χ0) is 21.0. The lowest BCUT2D eigenvalue weighted by Crippen LogP contribution is -2.64. The van der Waals surface area contributed by atoms with Crippen molar-refractivity contribution >= 4 is 62.7 Å². The fourth-order valence-corrected chi connectivity index (χ4v) is 26.7. The molecule has 0 bridgehead atoms. The van der Waals surface area contributed by atoms with Gasteiger partial charge in [0, 0.05) is 0 Å². The molecule has 1 atom stereocenters. The van der Waals surface area contributed by atoms with Crippen LogP contribution in [0, 0.1) is 0 Å². The summed E-state index contributed by atoms with van der Waals surface area (Å²) in [6, 6.07) is 4.10. The molecule has 1 radical (unpaired) electrons. The van der Waals surface area contributed by atoms with Gasteiger partial charge in [0.2, 0.25) is 0 Å². The van der Waals surface area contributed by atoms with Crippen LogP contribution in [-0.4, -0.2) is 50.8 Å². The molecular weight excluding hydrogens is 446 g/mol. The van der Waals surface area contributed by atoms with Crippen LogP contribution in [0.4, 0.5) is 0 Å². The van der Waals surface area contributed by atoms with Crippen LogP contribution in [0.3, 0.4) is 0 Å². The molecule has 157 valence electrons. The predicted molar refractivity (Wildman–Crippen MR) is 135 cm³/mol. The highest BCUT2D eigenvalue weighted by Crippen LogP contribution is 2.32. The van der Waals surface area contributed by atoms with Crippen molar-refractivity contribution in [2.24, 2.45) is 0 Å². The zero-order valence-electron chi connectivity index (χ0n) is 19.2. The van der Waals surface area contributed by atoms with E-state index >= 15 is 0 Å². The molecule has 0 aromatic heterocycles. The molecule has 0 aromatic rings. The van der Waals surface area contributed by atoms with Crippen molar-refractivity contribution in [3.8, 4) is 0 Å². The maximum atomic E-state index is 6.92. The van der Waals surface area contributed by atoms with Gasteiger partial charge in [-0.1, -0.05) is 52.6 Å². The van der Waals surface area contributed by atoms with Crippen molar-refractivity contribution in [2.75, 3.05) is 0 Å². The lowest BCUT2D eigenvalue weighted by atomic mass is 10.3. The van der Waals surface area contributed by atoms with E-state index in [1.165, 1.54) is 18.5 Å². The molecule has 0 aliphatic rings. The third kappa shape index (κ3) is 10.9. The van der Waals surface area contributed by atoms with Gasteiger partial charge in [0.15, 0.2) is 16.6 Å². The van der Waals surface area contributed by atoms with E-state index < -0.39 is 40.5 Å². The minimum Gasteiger partial charge on any atom is -0.455 e. The van der Waals surface area contributed by atoms with E-state index in [-0.39, 0.29) is 0 Å². The molecule has 0 N–H and O–H groups in total. The summed E-state index contributed by atoms with van der Waals surface area (Å²) in [5.74, 6) is 0. The Bertz CT molecular complexity index is 408. The van der Waals surface area contributed by atoms with E-state index in [2.05, 4.69) is 76.6 Å². The third-order valence-electron chi connectivity index (χ3n) is 4.71. The third-order valence-corrected chi connectivity index (χ3v) is 21.7. The van der Waals surface area contributed by atoms with Crippen molar-refractivity contribution in [2.45, 2.75) is 109 Å². The first kappa shape index (κ1) is 27.6. The first-order chi connectivity index (χ1) is 11.4. The average molecular weight is 490 g/mol. The molecular formula is C17H44Cl2NOSi5. The highest BCUT2D eigenvalue weighted by Gasteiger charge is 2.42. The second kappa shape index (κ2) is 10.6. The van der Waals surface area contributed by atoms with Gasteiger partial charge in [0.25, 0.3) is 7.42 Å². The molecule has 0 fully saturated rings. The first-order valence-corrected chi connectivity index (χ1v) is 26.9. The Morgan fingerprint density at radius 3 is 1.65 bits per heavy atom. The summed E-state index contributed by atoms with van der Waals surface area (Å²) in [5, 5.41) is 0. The van der Waals surface area contributed by atoms with Gasteiger partial charge >= 0.3 is 0 Å². The van der Waals surface area contributed by atoms with Crippen LogP contribution in [0.2, 0.25) is 83.6 Å². The minimum atomic E-state index is -1.71. The Morgan fingerprint density at radius 1 is 0.846 bits per heavy atom. The predicted octanol–water partition coefficient (Wildman–Crippen LogP) is 7.52. The number of hydrogen-bond donors (Lipinski definition) is 0. The van der Waals surface area contributed by atoms with E-state index in [9.17, 15) is 0 Å². The number of hydrogen-bond acceptors (Lipinski definition) is 2. The average Bonchev–Trinajstić information content (AvgIpc) is 2.31. The maximum absolute atomic E-state index is 6.92. The van der Waals surface area contributed by atoms with Gasteiger partial charge in [-0.15, -0.1) is 22.2 Å². The fraction of sp³-hybridized carbons (Fsp3) is 1.00. The SMILES string of the molecule is CCC(C[Si](C)(C)O[Si](C)(C)CCC[Si](Cl)Cl)N([Si](C)(C)C)[Si](C)(C)C. The van der Waals surface area contributed by atoms with Gasteiger partial charge in [0.05, 0.1) is 0 Å². The second-order valence-electron chi connectivity index (χ2n) is 10.8. The lowest BCUT2D eigenvalue weighted by molar-refractivity contribution is 0.431. The summed E-state index contributed by atoms with van der Waals surface area (Å²) < 4.78 is 9.91. The molecule has 9 heteroatoms. The van der Waals surface area contributed by atoms with E-state index in [0.29, 0.717) is 6.04 Å². The Balaban J connectivity index is 5.17. The second-order valence-corrected chi connectivity index (χ2v) is 34.1. The Hall–Kier alpha value is 1.58. The molecule has 0 aliphatic heterocycles. The first-order valence-electron chi connectivity index (χ1n) is 10.1. The summed E-state index contributed by atoms with van der Waals surface area (Å²) in [5.41, 5.74) is 0. The normalized spacial score (nSPS) is 15.8. The topological polar surface area (TPSA) is 12.5 Å². The van der Waals surface area contributed by atoms with Crippen LogP contribution in [0.5, 0.6) is 0 Å². The maximum Gasteiger partial charge on any atom is 0.273 e. The van der Waals surface area contributed by atoms with Crippen LogP contribution in [0.25, 0.3) is 0 Å². The molecule has 0 aliphatic carbocycles. The Morgan fingerprint density at radius 2 is 1.31 bits per heavy atom. The van der Waals surface area contributed by atoms with Crippen LogP contribution < -0.4 is 0 Å². The van der Waals surface area contributed by atoms with E-state index in [4.69, 9.17) is 26.3 Å². The Kier molecular flexibility index (Phi) is 11.2. The lowest BCUT2D eigenvalue weighted by Gasteiger charge is -2.50. The molecule has 1 unspecified atom stereocenters. The number of rotatable bonds is 12. The summed E-state index contributed by atoms with van der Waals surface area (Å²) in [7, 11) is -7.20. The van der Waals surface area contributed by atoms with Crippen molar-refractivity contribution in [3.63, 3.8) is 0 Å². The molecule has 0 aromatic carbocycles. The highest BCUT2D eigenvalue weighted by molar-refractivity contribution is 7.33. The number of halogens is 2. The highest BCUT2D eigenvalue weighted by atomic mass is 35.7. The molecule has 0 rings (SSSR count). The van der Waals surface area contributed by atoms with Crippen molar-refractivity contribution < 1.29 is 4.12 Å². The number of nitrogens with zero attached hydrogens (tertiary/aromatic N) is 1. The summed E-state index contributed by atoms with van der Waals surface area (Å²) in [6.07, 6.45) is 2.36. The van der Waals surface area contributed by atoms with Crippen LogP contribution in [0.1, 0.15) is 19.8 Å². The van der Waals surface area contributed by atoms with Gasteiger partial charge in [0.1, 0.15) is 16.5 Å². The standard InChI is InChI=1S/C17H44Cl2NOSi5/c1-12-17(20(23(2,3)4)24(5,6)7)16-26(10,11)21-25(8,9)15-13-14-22(18)19/h17H,12-16H2,1-11H3. The molecule has 26 heavy (non-hydrogen) atoms. The fourth-order valence-electron chi connectivity index (χ4n) is 4.58.